The van der Waals surface area contributed by atoms with E-state index in [0.717, 1.165) is 49.4 Å². The van der Waals surface area contributed by atoms with Crippen LogP contribution in [0.5, 0.6) is 0 Å². The second kappa shape index (κ2) is 7.12. The maximum atomic E-state index is 5.65. The van der Waals surface area contributed by atoms with Crippen LogP contribution in [0.4, 0.5) is 5.69 Å². The molecule has 0 bridgehead atoms. The molecule has 0 spiro atoms. The van der Waals surface area contributed by atoms with Crippen LogP contribution in [0, 0.1) is 0 Å². The molecule has 0 amide bonds. The number of nitrogens with one attached hydrogen (secondary N) is 1. The van der Waals surface area contributed by atoms with Crippen molar-refractivity contribution in [1.82, 2.24) is 4.90 Å². The molecule has 0 radical (unpaired) electrons. The highest BCUT2D eigenvalue weighted by atomic mass is 79.9. The van der Waals surface area contributed by atoms with Crippen molar-refractivity contribution in [2.45, 2.75) is 19.4 Å². The molecule has 0 aromatic heterocycles. The first-order valence-corrected chi connectivity index (χ1v) is 7.37. The minimum absolute atomic E-state index is 0.357. The Bertz CT molecular complexity index is 373. The summed E-state index contributed by atoms with van der Waals surface area (Å²) < 4.78 is 6.77. The molecule has 4 heteroatoms. The average Bonchev–Trinajstić information content (AvgIpc) is 2.56. The molecule has 18 heavy (non-hydrogen) atoms. The Labute approximate surface area is 118 Å². The minimum atomic E-state index is 0.357. The fourth-order valence-electron chi connectivity index (χ4n) is 2.24. The molecule has 1 aliphatic heterocycles. The van der Waals surface area contributed by atoms with Crippen molar-refractivity contribution < 1.29 is 4.74 Å². The zero-order chi connectivity index (χ0) is 12.8. The topological polar surface area (TPSA) is 24.5 Å². The summed E-state index contributed by atoms with van der Waals surface area (Å²) in [6, 6.07) is 8.24. The van der Waals surface area contributed by atoms with E-state index >= 15 is 0 Å². The Balaban J connectivity index is 1.76. The predicted molar refractivity (Wildman–Crippen MR) is 79.1 cm³/mol. The van der Waals surface area contributed by atoms with Crippen molar-refractivity contribution in [3.8, 4) is 0 Å². The lowest BCUT2D eigenvalue weighted by molar-refractivity contribution is 0.0683. The van der Waals surface area contributed by atoms with Gasteiger partial charge in [0.25, 0.3) is 0 Å². The van der Waals surface area contributed by atoms with Gasteiger partial charge in [0, 0.05) is 42.9 Å². The lowest BCUT2D eigenvalue weighted by Gasteiger charge is -2.22. The van der Waals surface area contributed by atoms with Crippen molar-refractivity contribution >= 4 is 21.6 Å². The monoisotopic (exact) mass is 312 g/mol. The van der Waals surface area contributed by atoms with Crippen molar-refractivity contribution in [2.24, 2.45) is 0 Å². The molecule has 1 heterocycles. The molecule has 1 aliphatic rings. The lowest BCUT2D eigenvalue weighted by Crippen LogP contribution is -2.34. The van der Waals surface area contributed by atoms with Gasteiger partial charge in [-0.15, -0.1) is 0 Å². The van der Waals surface area contributed by atoms with Crippen molar-refractivity contribution in [3.63, 3.8) is 0 Å². The molecule has 2 rings (SSSR count). The summed E-state index contributed by atoms with van der Waals surface area (Å²) in [6.45, 7) is 7.26. The van der Waals surface area contributed by atoms with E-state index in [2.05, 4.69) is 51.3 Å². The normalized spacial score (nSPS) is 21.6. The minimum Gasteiger partial charge on any atom is -0.383 e. The Morgan fingerprint density at radius 2 is 2.28 bits per heavy atom. The van der Waals surface area contributed by atoms with Crippen LogP contribution in [0.2, 0.25) is 0 Å². The van der Waals surface area contributed by atoms with Gasteiger partial charge in [0.2, 0.25) is 0 Å². The molecule has 1 N–H and O–H groups in total. The molecule has 1 aromatic rings. The Morgan fingerprint density at radius 3 is 3.11 bits per heavy atom. The molecule has 3 nitrogen and oxygen atoms in total. The number of ether oxygens (including phenoxy) is 1. The first kappa shape index (κ1) is 13.8. The molecule has 1 aromatic carbocycles. The van der Waals surface area contributed by atoms with Gasteiger partial charge >= 0.3 is 0 Å². The van der Waals surface area contributed by atoms with Gasteiger partial charge in [-0.2, -0.15) is 0 Å². The maximum Gasteiger partial charge on any atom is 0.0673 e. The van der Waals surface area contributed by atoms with Gasteiger partial charge in [-0.05, 0) is 41.4 Å². The second-order valence-corrected chi connectivity index (χ2v) is 5.60. The fourth-order valence-corrected chi connectivity index (χ4v) is 2.66. The van der Waals surface area contributed by atoms with Gasteiger partial charge in [-0.25, -0.2) is 0 Å². The number of rotatable bonds is 4. The quantitative estimate of drug-likeness (QED) is 0.925. The maximum absolute atomic E-state index is 5.65. The van der Waals surface area contributed by atoms with Gasteiger partial charge in [-0.1, -0.05) is 12.1 Å². The van der Waals surface area contributed by atoms with Crippen LogP contribution in [0.25, 0.3) is 0 Å². The van der Waals surface area contributed by atoms with Crippen LogP contribution in [0.3, 0.4) is 0 Å². The van der Waals surface area contributed by atoms with Crippen LogP contribution >= 0.6 is 15.9 Å². The van der Waals surface area contributed by atoms with Gasteiger partial charge in [0.15, 0.2) is 0 Å². The SMILES string of the molecule is CC1CN(CCNc2ccccc2Br)CCCO1. The van der Waals surface area contributed by atoms with Gasteiger partial charge in [0.1, 0.15) is 0 Å². The molecule has 100 valence electrons. The summed E-state index contributed by atoms with van der Waals surface area (Å²) in [7, 11) is 0. The molecule has 1 fully saturated rings. The highest BCUT2D eigenvalue weighted by Gasteiger charge is 2.14. The van der Waals surface area contributed by atoms with Crippen LogP contribution in [0.1, 0.15) is 13.3 Å². The third kappa shape index (κ3) is 4.26. The average molecular weight is 313 g/mol. The van der Waals surface area contributed by atoms with E-state index in [9.17, 15) is 0 Å². The highest BCUT2D eigenvalue weighted by molar-refractivity contribution is 9.10. The summed E-state index contributed by atoms with van der Waals surface area (Å²) in [5.41, 5.74) is 1.16. The van der Waals surface area contributed by atoms with Crippen molar-refractivity contribution in [3.05, 3.63) is 28.7 Å². The van der Waals surface area contributed by atoms with E-state index in [4.69, 9.17) is 4.74 Å². The zero-order valence-corrected chi connectivity index (χ0v) is 12.4. The number of para-hydroxylation sites is 1. The Morgan fingerprint density at radius 1 is 1.44 bits per heavy atom. The number of hydrogen-bond acceptors (Lipinski definition) is 3. The number of anilines is 1. The largest absolute Gasteiger partial charge is 0.383 e. The van der Waals surface area contributed by atoms with Gasteiger partial charge < -0.3 is 10.1 Å². The number of nitrogens with zero attached hydrogens (tertiary/aromatic N) is 1. The van der Waals surface area contributed by atoms with Crippen LogP contribution in [-0.4, -0.2) is 43.8 Å². The zero-order valence-electron chi connectivity index (χ0n) is 10.9. The molecular weight excluding hydrogens is 292 g/mol. The third-order valence-electron chi connectivity index (χ3n) is 3.15. The first-order valence-electron chi connectivity index (χ1n) is 6.58. The summed E-state index contributed by atoms with van der Waals surface area (Å²) >= 11 is 3.55. The summed E-state index contributed by atoms with van der Waals surface area (Å²) in [6.07, 6.45) is 1.50. The standard InChI is InChI=1S/C14H21BrN2O/c1-12-11-17(8-4-10-18-12)9-7-16-14-6-3-2-5-13(14)15/h2-3,5-6,12,16H,4,7-11H2,1H3. The van der Waals surface area contributed by atoms with E-state index in [-0.39, 0.29) is 0 Å². The smallest absolute Gasteiger partial charge is 0.0673 e. The Kier molecular flexibility index (Phi) is 5.47. The van der Waals surface area contributed by atoms with Crippen LogP contribution in [-0.2, 0) is 4.74 Å². The van der Waals surface area contributed by atoms with Crippen LogP contribution in [0.15, 0.2) is 28.7 Å². The molecule has 1 saturated heterocycles. The van der Waals surface area contributed by atoms with Crippen LogP contribution < -0.4 is 5.32 Å². The Hall–Kier alpha value is -0.580. The van der Waals surface area contributed by atoms with E-state index in [0.29, 0.717) is 6.10 Å². The molecule has 0 saturated carbocycles. The number of benzene rings is 1. The number of hydrogen-bond donors (Lipinski definition) is 1. The highest BCUT2D eigenvalue weighted by Crippen LogP contribution is 2.20. The first-order chi connectivity index (χ1) is 8.75. The third-order valence-corrected chi connectivity index (χ3v) is 3.85. The molecule has 1 atom stereocenters. The van der Waals surface area contributed by atoms with Gasteiger partial charge in [0.05, 0.1) is 6.10 Å². The predicted octanol–water partition coefficient (Wildman–Crippen LogP) is 2.97. The van der Waals surface area contributed by atoms with E-state index in [1.807, 2.05) is 6.07 Å². The van der Waals surface area contributed by atoms with Crippen molar-refractivity contribution in [1.29, 1.82) is 0 Å². The fraction of sp³-hybridized carbons (Fsp3) is 0.571. The molecule has 1 unspecified atom stereocenters. The number of halogens is 1. The van der Waals surface area contributed by atoms with E-state index in [1.165, 1.54) is 0 Å². The van der Waals surface area contributed by atoms with E-state index in [1.54, 1.807) is 0 Å². The molecule has 0 aliphatic carbocycles. The second-order valence-electron chi connectivity index (χ2n) is 4.74. The summed E-state index contributed by atoms with van der Waals surface area (Å²) in [5, 5.41) is 3.47. The summed E-state index contributed by atoms with van der Waals surface area (Å²) in [4.78, 5) is 2.47. The molecular formula is C14H21BrN2O. The lowest BCUT2D eigenvalue weighted by atomic mass is 10.3. The summed E-state index contributed by atoms with van der Waals surface area (Å²) in [5.74, 6) is 0. The van der Waals surface area contributed by atoms with E-state index < -0.39 is 0 Å². The van der Waals surface area contributed by atoms with Crippen molar-refractivity contribution in [2.75, 3.05) is 38.1 Å². The van der Waals surface area contributed by atoms with Gasteiger partial charge in [-0.3, -0.25) is 4.90 Å².